The van der Waals surface area contributed by atoms with Crippen molar-refractivity contribution in [1.82, 2.24) is 18.5 Å². The Bertz CT molecular complexity index is 631. The predicted octanol–water partition coefficient (Wildman–Crippen LogP) is 3.36. The summed E-state index contributed by atoms with van der Waals surface area (Å²) in [6.07, 6.45) is 5.94. The van der Waals surface area contributed by atoms with Gasteiger partial charge in [-0.2, -0.15) is 0 Å². The zero-order valence-corrected chi connectivity index (χ0v) is 15.3. The molecular weight excluding hydrogens is 304 g/mol. The largest absolute Gasteiger partial charge is 0.361 e. The molecule has 0 aliphatic carbocycles. The van der Waals surface area contributed by atoms with E-state index in [1.807, 2.05) is 12.1 Å². The number of hydrogen-bond acceptors (Lipinski definition) is 4. The van der Waals surface area contributed by atoms with E-state index in [0.717, 1.165) is 19.5 Å². The predicted molar refractivity (Wildman–Crippen MR) is 100 cm³/mol. The van der Waals surface area contributed by atoms with Gasteiger partial charge >= 0.3 is 0 Å². The number of aromatic amines is 1. The number of nitrogens with one attached hydrogen (secondary N) is 1. The lowest BCUT2D eigenvalue weighted by Crippen LogP contribution is -2.19. The van der Waals surface area contributed by atoms with Crippen molar-refractivity contribution in [2.45, 2.75) is 25.8 Å². The molecule has 23 heavy (non-hydrogen) atoms. The van der Waals surface area contributed by atoms with Crippen molar-refractivity contribution < 1.29 is 0 Å². The van der Waals surface area contributed by atoms with Gasteiger partial charge in [0.1, 0.15) is 0 Å². The molecular formula is C18H28N4S. The van der Waals surface area contributed by atoms with Crippen LogP contribution in [-0.4, -0.2) is 59.3 Å². The van der Waals surface area contributed by atoms with Crippen LogP contribution in [0.2, 0.25) is 0 Å². The topological polar surface area (TPSA) is 25.5 Å². The second-order valence-corrected chi connectivity index (χ2v) is 8.05. The van der Waals surface area contributed by atoms with Gasteiger partial charge in [-0.3, -0.25) is 0 Å². The summed E-state index contributed by atoms with van der Waals surface area (Å²) in [7, 11) is 6.45. The molecule has 5 heteroatoms. The Morgan fingerprint density at radius 3 is 2.70 bits per heavy atom. The van der Waals surface area contributed by atoms with Gasteiger partial charge in [-0.1, -0.05) is 6.07 Å². The Morgan fingerprint density at radius 1 is 1.17 bits per heavy atom. The maximum Gasteiger partial charge on any atom is 0.0457 e. The molecule has 4 nitrogen and oxygen atoms in total. The minimum atomic E-state index is 0.982. The van der Waals surface area contributed by atoms with E-state index in [4.69, 9.17) is 0 Å². The van der Waals surface area contributed by atoms with Crippen LogP contribution in [-0.2, 0) is 13.0 Å². The molecule has 2 aromatic rings. The third kappa shape index (κ3) is 4.51. The van der Waals surface area contributed by atoms with E-state index in [0.29, 0.717) is 0 Å². The lowest BCUT2D eigenvalue weighted by Gasteiger charge is -2.21. The Kier molecular flexibility index (Phi) is 5.64. The highest BCUT2D eigenvalue weighted by Crippen LogP contribution is 2.25. The average molecular weight is 333 g/mol. The molecule has 0 atom stereocenters. The second-order valence-electron chi connectivity index (χ2n) is 6.75. The standard InChI is InChI=1S/C18H28N4S/c1-20(2)11-8-16-13-19-18-7-6-15(12-17(16)18)14-21(3)23-22-9-4-5-10-22/h6-7,12-13,19H,4-5,8-11,14H2,1-3H3. The lowest BCUT2D eigenvalue weighted by molar-refractivity contribution is 0.414. The molecule has 1 aliphatic heterocycles. The number of nitrogens with zero attached hydrogens (tertiary/aromatic N) is 3. The molecule has 3 rings (SSSR count). The van der Waals surface area contributed by atoms with Gasteiger partial charge in [0.2, 0.25) is 0 Å². The maximum absolute atomic E-state index is 3.41. The van der Waals surface area contributed by atoms with E-state index in [2.05, 4.69) is 64.0 Å². The third-order valence-electron chi connectivity index (χ3n) is 4.39. The van der Waals surface area contributed by atoms with Crippen LogP contribution in [0.25, 0.3) is 10.9 Å². The number of aromatic nitrogens is 1. The highest BCUT2D eigenvalue weighted by Gasteiger charge is 2.15. The molecule has 2 heterocycles. The Morgan fingerprint density at radius 2 is 1.96 bits per heavy atom. The van der Waals surface area contributed by atoms with Gasteiger partial charge < -0.3 is 9.88 Å². The highest BCUT2D eigenvalue weighted by atomic mass is 32.2. The van der Waals surface area contributed by atoms with Gasteiger partial charge in [0.05, 0.1) is 0 Å². The van der Waals surface area contributed by atoms with Crippen LogP contribution in [0.15, 0.2) is 24.4 Å². The first-order valence-corrected chi connectivity index (χ1v) is 9.22. The van der Waals surface area contributed by atoms with Crippen molar-refractivity contribution in [3.8, 4) is 0 Å². The summed E-state index contributed by atoms with van der Waals surface area (Å²) in [4.78, 5) is 5.64. The van der Waals surface area contributed by atoms with Crippen molar-refractivity contribution in [3.05, 3.63) is 35.5 Å². The lowest BCUT2D eigenvalue weighted by atomic mass is 10.1. The van der Waals surface area contributed by atoms with Crippen LogP contribution >= 0.6 is 12.1 Å². The van der Waals surface area contributed by atoms with Crippen molar-refractivity contribution in [3.63, 3.8) is 0 Å². The highest BCUT2D eigenvalue weighted by molar-refractivity contribution is 7.94. The van der Waals surface area contributed by atoms with Gasteiger partial charge in [-0.25, -0.2) is 8.61 Å². The fraction of sp³-hybridized carbons (Fsp3) is 0.556. The number of rotatable bonds is 7. The average Bonchev–Trinajstić information content (AvgIpc) is 3.14. The zero-order chi connectivity index (χ0) is 16.2. The van der Waals surface area contributed by atoms with Crippen LogP contribution < -0.4 is 0 Å². The molecule has 126 valence electrons. The van der Waals surface area contributed by atoms with E-state index in [1.165, 1.54) is 48.0 Å². The van der Waals surface area contributed by atoms with E-state index >= 15 is 0 Å². The molecule has 1 aliphatic rings. The molecule has 1 N–H and O–H groups in total. The first kappa shape index (κ1) is 16.8. The summed E-state index contributed by atoms with van der Waals surface area (Å²) in [5, 5.41) is 1.38. The van der Waals surface area contributed by atoms with Crippen LogP contribution in [0, 0.1) is 0 Å². The molecule has 0 unspecified atom stereocenters. The minimum Gasteiger partial charge on any atom is -0.361 e. The number of likely N-dealkylation sites (N-methyl/N-ethyl adjacent to an activating group) is 1. The van der Waals surface area contributed by atoms with Crippen molar-refractivity contribution >= 4 is 23.0 Å². The zero-order valence-electron chi connectivity index (χ0n) is 14.5. The fourth-order valence-electron chi connectivity index (χ4n) is 3.13. The molecule has 1 saturated heterocycles. The van der Waals surface area contributed by atoms with Crippen molar-refractivity contribution in [1.29, 1.82) is 0 Å². The molecule has 1 fully saturated rings. The molecule has 0 amide bonds. The molecule has 0 radical (unpaired) electrons. The second kappa shape index (κ2) is 7.71. The maximum atomic E-state index is 3.41. The summed E-state index contributed by atoms with van der Waals surface area (Å²) in [6.45, 7) is 4.51. The fourth-order valence-corrected chi connectivity index (χ4v) is 4.15. The first-order valence-electron chi connectivity index (χ1n) is 8.49. The molecule has 0 spiro atoms. The normalized spacial score (nSPS) is 16.2. The molecule has 0 bridgehead atoms. The van der Waals surface area contributed by atoms with Crippen LogP contribution in [0.3, 0.4) is 0 Å². The van der Waals surface area contributed by atoms with Gasteiger partial charge in [0, 0.05) is 55.4 Å². The smallest absolute Gasteiger partial charge is 0.0457 e. The van der Waals surface area contributed by atoms with Crippen LogP contribution in [0.5, 0.6) is 0 Å². The van der Waals surface area contributed by atoms with E-state index < -0.39 is 0 Å². The number of hydrogen-bond donors (Lipinski definition) is 1. The number of H-pyrrole nitrogens is 1. The summed E-state index contributed by atoms with van der Waals surface area (Å²) in [6, 6.07) is 6.83. The van der Waals surface area contributed by atoms with Crippen molar-refractivity contribution in [2.75, 3.05) is 40.8 Å². The molecule has 1 aromatic carbocycles. The summed E-state index contributed by atoms with van der Waals surface area (Å²) in [5.74, 6) is 0. The van der Waals surface area contributed by atoms with Crippen molar-refractivity contribution in [2.24, 2.45) is 0 Å². The van der Waals surface area contributed by atoms with Crippen LogP contribution in [0.4, 0.5) is 0 Å². The Balaban J connectivity index is 1.67. The van der Waals surface area contributed by atoms with Gasteiger partial charge in [-0.05, 0) is 63.7 Å². The quantitative estimate of drug-likeness (QED) is 0.786. The van der Waals surface area contributed by atoms with Crippen LogP contribution in [0.1, 0.15) is 24.0 Å². The summed E-state index contributed by atoms with van der Waals surface area (Å²) in [5.41, 5.74) is 4.06. The van der Waals surface area contributed by atoms with E-state index in [9.17, 15) is 0 Å². The van der Waals surface area contributed by atoms with Gasteiger partial charge in [0.15, 0.2) is 0 Å². The van der Waals surface area contributed by atoms with Gasteiger partial charge in [-0.15, -0.1) is 0 Å². The van der Waals surface area contributed by atoms with Gasteiger partial charge in [0.25, 0.3) is 0 Å². The Labute approximate surface area is 144 Å². The third-order valence-corrected chi connectivity index (χ3v) is 5.39. The SMILES string of the molecule is CN(C)CCc1c[nH]c2ccc(CN(C)SN3CCCC3)cc12. The molecule has 1 aromatic heterocycles. The Hall–Kier alpha value is -1.01. The van der Waals surface area contributed by atoms with E-state index in [1.54, 1.807) is 0 Å². The number of fused-ring (bicyclic) bond motifs is 1. The summed E-state index contributed by atoms with van der Waals surface area (Å²) < 4.78 is 4.82. The summed E-state index contributed by atoms with van der Waals surface area (Å²) >= 11 is 1.88. The monoisotopic (exact) mass is 332 g/mol. The molecule has 0 saturated carbocycles. The first-order chi connectivity index (χ1) is 11.1. The van der Waals surface area contributed by atoms with E-state index in [-0.39, 0.29) is 0 Å². The minimum absolute atomic E-state index is 0.982. The number of benzene rings is 1.